The molecule has 0 aliphatic heterocycles. The van der Waals surface area contributed by atoms with Crippen molar-refractivity contribution in [2.45, 2.75) is 0 Å². The maximum Gasteiger partial charge on any atom is 0.368 e. The van der Waals surface area contributed by atoms with Gasteiger partial charge >= 0.3 is 5.82 Å². The maximum atomic E-state index is 10.3. The lowest BCUT2D eigenvalue weighted by molar-refractivity contribution is -0.388. The molecule has 2 aromatic rings. The molecule has 8 heteroatoms. The Balaban J connectivity index is 2.79. The number of hydrogen-bond donors (Lipinski definition) is 3. The van der Waals surface area contributed by atoms with Crippen molar-refractivity contribution < 1.29 is 4.92 Å². The highest BCUT2D eigenvalue weighted by Gasteiger charge is 2.18. The normalized spacial score (nSPS) is 10.7. The molecule has 62 valence electrons. The van der Waals surface area contributed by atoms with Gasteiger partial charge in [-0.25, -0.2) is 0 Å². The number of hydrogen-bond acceptors (Lipinski definition) is 5. The first-order chi connectivity index (χ1) is 5.70. The fourth-order valence-corrected chi connectivity index (χ4v) is 0.925. The van der Waals surface area contributed by atoms with Gasteiger partial charge in [-0.05, 0) is 4.92 Å². The molecule has 0 radical (unpaired) electrons. The summed E-state index contributed by atoms with van der Waals surface area (Å²) in [5, 5.41) is 22.2. The summed E-state index contributed by atoms with van der Waals surface area (Å²) in [7, 11) is 0. The van der Waals surface area contributed by atoms with Crippen LogP contribution in [0.5, 0.6) is 0 Å². The largest absolute Gasteiger partial charge is 0.380 e. The lowest BCUT2D eigenvalue weighted by Gasteiger charge is -1.85. The molecule has 0 amide bonds. The van der Waals surface area contributed by atoms with E-state index in [9.17, 15) is 10.1 Å². The van der Waals surface area contributed by atoms with Gasteiger partial charge in [-0.2, -0.15) is 5.10 Å². The number of nitrogens with one attached hydrogen (secondary N) is 2. The van der Waals surface area contributed by atoms with Crippen LogP contribution in [0.3, 0.4) is 0 Å². The van der Waals surface area contributed by atoms with Crippen LogP contribution < -0.4 is 5.73 Å². The predicted octanol–water partition coefficient (Wildman–Crippen LogP) is -0.224. The van der Waals surface area contributed by atoms with E-state index in [-0.39, 0.29) is 17.2 Å². The Morgan fingerprint density at radius 2 is 2.17 bits per heavy atom. The Morgan fingerprint density at radius 1 is 1.42 bits per heavy atom. The average molecular weight is 168 g/mol. The number of nitrogens with two attached hydrogens (primary N) is 1. The summed E-state index contributed by atoms with van der Waals surface area (Å²) in [4.78, 5) is 9.74. The van der Waals surface area contributed by atoms with Gasteiger partial charge in [0.1, 0.15) is 0 Å². The average Bonchev–Trinajstić information content (AvgIpc) is 2.53. The molecule has 0 atom stereocenters. The van der Waals surface area contributed by atoms with E-state index in [4.69, 9.17) is 5.73 Å². The highest BCUT2D eigenvalue weighted by Crippen LogP contribution is 2.22. The minimum atomic E-state index is -0.590. The molecule has 0 bridgehead atoms. The molecule has 0 saturated heterocycles. The lowest BCUT2D eigenvalue weighted by Crippen LogP contribution is -1.89. The van der Waals surface area contributed by atoms with Crippen LogP contribution in [0, 0.1) is 10.1 Å². The highest BCUT2D eigenvalue weighted by molar-refractivity contribution is 5.89. The van der Waals surface area contributed by atoms with Crippen LogP contribution in [0.1, 0.15) is 0 Å². The monoisotopic (exact) mass is 168 g/mol. The standard InChI is InChI=1S/C4H4N6O2/c5-3-1-2(7-8-3)4(9-6-1)10(11)12/h(H,6,9)(H3,5,7,8). The second-order valence-electron chi connectivity index (χ2n) is 2.16. The molecule has 4 N–H and O–H groups in total. The summed E-state index contributed by atoms with van der Waals surface area (Å²) in [5.41, 5.74) is 5.86. The van der Waals surface area contributed by atoms with Crippen LogP contribution in [0.4, 0.5) is 11.6 Å². The Labute approximate surface area is 64.9 Å². The van der Waals surface area contributed by atoms with Crippen molar-refractivity contribution in [2.75, 3.05) is 5.73 Å². The van der Waals surface area contributed by atoms with Crippen LogP contribution in [-0.4, -0.2) is 25.3 Å². The number of anilines is 1. The summed E-state index contributed by atoms with van der Waals surface area (Å²) in [6.45, 7) is 0. The summed E-state index contributed by atoms with van der Waals surface area (Å²) in [5.74, 6) is -0.0800. The van der Waals surface area contributed by atoms with Crippen LogP contribution in [0.2, 0.25) is 0 Å². The third-order valence-electron chi connectivity index (χ3n) is 1.46. The molecule has 0 aliphatic carbocycles. The Kier molecular flexibility index (Phi) is 1.06. The van der Waals surface area contributed by atoms with Gasteiger partial charge in [0, 0.05) is 0 Å². The van der Waals surface area contributed by atoms with Gasteiger partial charge in [0.25, 0.3) is 0 Å². The molecule has 8 nitrogen and oxygen atoms in total. The fraction of sp³-hybridized carbons (Fsp3) is 0. The summed E-state index contributed by atoms with van der Waals surface area (Å²) in [6, 6.07) is 0. The molecular weight excluding hydrogens is 164 g/mol. The second kappa shape index (κ2) is 1.94. The smallest absolute Gasteiger partial charge is 0.368 e. The first kappa shape index (κ1) is 6.58. The Morgan fingerprint density at radius 3 is 2.83 bits per heavy atom. The molecule has 0 spiro atoms. The van der Waals surface area contributed by atoms with Gasteiger partial charge in [-0.15, -0.1) is 5.10 Å². The zero-order valence-corrected chi connectivity index (χ0v) is 5.74. The number of fused-ring (bicyclic) bond motifs is 1. The summed E-state index contributed by atoms with van der Waals surface area (Å²) < 4.78 is 0. The van der Waals surface area contributed by atoms with E-state index in [1.54, 1.807) is 0 Å². The first-order valence-corrected chi connectivity index (χ1v) is 3.02. The van der Waals surface area contributed by atoms with E-state index < -0.39 is 4.92 Å². The predicted molar refractivity (Wildman–Crippen MR) is 39.3 cm³/mol. The third-order valence-corrected chi connectivity index (χ3v) is 1.46. The van der Waals surface area contributed by atoms with Gasteiger partial charge in [0.05, 0.1) is 0 Å². The zero-order valence-electron chi connectivity index (χ0n) is 5.74. The molecule has 2 heterocycles. The van der Waals surface area contributed by atoms with Crippen LogP contribution >= 0.6 is 0 Å². The highest BCUT2D eigenvalue weighted by atomic mass is 16.6. The van der Waals surface area contributed by atoms with Crippen molar-refractivity contribution in [3.8, 4) is 0 Å². The Hall–Kier alpha value is -2.12. The van der Waals surface area contributed by atoms with Gasteiger partial charge in [0.2, 0.25) is 0 Å². The molecule has 0 aliphatic rings. The lowest BCUT2D eigenvalue weighted by atomic mass is 10.4. The summed E-state index contributed by atoms with van der Waals surface area (Å²) in [6.07, 6.45) is 0. The molecule has 12 heavy (non-hydrogen) atoms. The van der Waals surface area contributed by atoms with Gasteiger partial charge in [0.15, 0.2) is 16.9 Å². The summed E-state index contributed by atoms with van der Waals surface area (Å²) >= 11 is 0. The van der Waals surface area contributed by atoms with Crippen molar-refractivity contribution >= 4 is 22.7 Å². The van der Waals surface area contributed by atoms with E-state index in [0.29, 0.717) is 5.52 Å². The van der Waals surface area contributed by atoms with E-state index in [1.807, 2.05) is 0 Å². The van der Waals surface area contributed by atoms with Gasteiger partial charge in [-0.1, -0.05) is 5.10 Å². The number of aromatic nitrogens is 4. The molecule has 0 saturated carbocycles. The van der Waals surface area contributed by atoms with Crippen LogP contribution in [0.15, 0.2) is 0 Å². The molecule has 2 aromatic heterocycles. The first-order valence-electron chi connectivity index (χ1n) is 3.02. The minimum Gasteiger partial charge on any atom is -0.380 e. The third kappa shape index (κ3) is 0.654. The van der Waals surface area contributed by atoms with Crippen molar-refractivity contribution in [1.29, 1.82) is 0 Å². The van der Waals surface area contributed by atoms with E-state index in [2.05, 4.69) is 20.4 Å². The number of aromatic amines is 2. The van der Waals surface area contributed by atoms with E-state index >= 15 is 0 Å². The molecule has 0 fully saturated rings. The number of rotatable bonds is 1. The molecular formula is C4H4N6O2. The number of H-pyrrole nitrogens is 2. The van der Waals surface area contributed by atoms with Crippen LogP contribution in [-0.2, 0) is 0 Å². The number of nitro groups is 1. The quantitative estimate of drug-likeness (QED) is 0.400. The van der Waals surface area contributed by atoms with Crippen molar-refractivity contribution in [3.63, 3.8) is 0 Å². The SMILES string of the molecule is Nc1n[nH]c2c([N+](=O)[O-])[nH]nc12. The molecule has 2 rings (SSSR count). The minimum absolute atomic E-state index is 0.148. The maximum absolute atomic E-state index is 10.3. The molecule has 0 unspecified atom stereocenters. The van der Waals surface area contributed by atoms with E-state index in [0.717, 1.165) is 0 Å². The number of nitrogens with zero attached hydrogens (tertiary/aromatic N) is 3. The van der Waals surface area contributed by atoms with Gasteiger partial charge < -0.3 is 15.8 Å². The van der Waals surface area contributed by atoms with Crippen molar-refractivity contribution in [1.82, 2.24) is 20.4 Å². The Bertz CT molecular complexity index is 441. The fourth-order valence-electron chi connectivity index (χ4n) is 0.925. The van der Waals surface area contributed by atoms with Crippen molar-refractivity contribution in [2.24, 2.45) is 0 Å². The van der Waals surface area contributed by atoms with Crippen molar-refractivity contribution in [3.05, 3.63) is 10.1 Å². The molecule has 0 aromatic carbocycles. The second-order valence-corrected chi connectivity index (χ2v) is 2.16. The zero-order chi connectivity index (χ0) is 8.72. The van der Waals surface area contributed by atoms with Gasteiger partial charge in [-0.3, -0.25) is 5.10 Å². The van der Waals surface area contributed by atoms with Crippen LogP contribution in [0.25, 0.3) is 11.0 Å². The number of nitrogen functional groups attached to an aromatic ring is 1. The van der Waals surface area contributed by atoms with E-state index in [1.165, 1.54) is 0 Å². The topological polar surface area (TPSA) is 127 Å².